The van der Waals surface area contributed by atoms with E-state index in [1.807, 2.05) is 53.4 Å². The van der Waals surface area contributed by atoms with Gasteiger partial charge in [0, 0.05) is 33.0 Å². The van der Waals surface area contributed by atoms with Gasteiger partial charge in [0.15, 0.2) is 17.3 Å². The van der Waals surface area contributed by atoms with E-state index < -0.39 is 0 Å². The Morgan fingerprint density at radius 2 is 1.88 bits per heavy atom. The number of benzene rings is 3. The number of ether oxygens (including phenoxy) is 2. The summed E-state index contributed by atoms with van der Waals surface area (Å²) in [4.78, 5) is 19.3. The Labute approximate surface area is 203 Å². The molecule has 168 valence electrons. The molecule has 7 rings (SSSR count). The summed E-state index contributed by atoms with van der Waals surface area (Å²) < 4.78 is 18.1. The summed E-state index contributed by atoms with van der Waals surface area (Å²) in [7, 11) is 0. The minimum atomic E-state index is -0.307. The molecule has 0 saturated heterocycles. The molecule has 6 nitrogen and oxygen atoms in total. The molecule has 0 bridgehead atoms. The lowest BCUT2D eigenvalue weighted by Gasteiger charge is -2.35. The molecule has 4 heterocycles. The summed E-state index contributed by atoms with van der Waals surface area (Å²) in [6.07, 6.45) is 0.762. The lowest BCUT2D eigenvalue weighted by molar-refractivity contribution is 0.0661. The van der Waals surface area contributed by atoms with Gasteiger partial charge < -0.3 is 23.8 Å². The smallest absolute Gasteiger partial charge is 0.290 e. The molecule has 0 radical (unpaired) electrons. The van der Waals surface area contributed by atoms with E-state index in [0.29, 0.717) is 23.6 Å². The van der Waals surface area contributed by atoms with E-state index in [2.05, 4.69) is 39.1 Å². The summed E-state index contributed by atoms with van der Waals surface area (Å²) >= 11 is 3.49. The Bertz CT molecular complexity index is 1600. The summed E-state index contributed by atoms with van der Waals surface area (Å²) in [5.74, 6) is 1.61. The average molecular weight is 515 g/mol. The van der Waals surface area contributed by atoms with E-state index in [4.69, 9.17) is 13.9 Å². The van der Waals surface area contributed by atoms with Gasteiger partial charge in [-0.15, -0.1) is 0 Å². The number of rotatable bonds is 2. The second-order valence-electron chi connectivity index (χ2n) is 8.62. The number of para-hydroxylation sites is 1. The number of carbonyl (C=O) groups is 1. The molecule has 3 aromatic carbocycles. The van der Waals surface area contributed by atoms with Crippen LogP contribution in [-0.2, 0) is 6.42 Å². The van der Waals surface area contributed by atoms with Gasteiger partial charge >= 0.3 is 0 Å². The second kappa shape index (κ2) is 7.40. The number of nitrogens with zero attached hydrogens (tertiary/aromatic N) is 1. The largest absolute Gasteiger partial charge is 0.454 e. The predicted octanol–water partition coefficient (Wildman–Crippen LogP) is 6.19. The molecule has 7 heteroatoms. The van der Waals surface area contributed by atoms with Gasteiger partial charge in [0.05, 0.1) is 6.04 Å². The fourth-order valence-electron chi connectivity index (χ4n) is 5.15. The van der Waals surface area contributed by atoms with Crippen molar-refractivity contribution in [3.05, 3.63) is 93.8 Å². The van der Waals surface area contributed by atoms with E-state index in [-0.39, 0.29) is 18.7 Å². The number of carbonyl (C=O) groups excluding carboxylic acids is 1. The van der Waals surface area contributed by atoms with Crippen LogP contribution in [0.4, 0.5) is 0 Å². The normalized spacial score (nSPS) is 16.9. The molecule has 1 amide bonds. The van der Waals surface area contributed by atoms with E-state index in [9.17, 15) is 4.79 Å². The molecule has 1 N–H and O–H groups in total. The van der Waals surface area contributed by atoms with Crippen LogP contribution in [0.1, 0.15) is 33.4 Å². The monoisotopic (exact) mass is 514 g/mol. The van der Waals surface area contributed by atoms with Crippen molar-refractivity contribution in [3.63, 3.8) is 0 Å². The molecular formula is C27H19BrN2O4. The standard InChI is InChI=1S/C27H19BrN2O4/c28-17-6-8-21-16(11-17)13-24(34-21)27(31)30-10-9-19-18-3-1-2-4-20(18)29-25(19)26(30)15-5-7-22-23(12-15)33-14-32-22/h1-8,11-13,26,29H,9-10,14H2/t26-/m0/s1. The highest BCUT2D eigenvalue weighted by atomic mass is 79.9. The van der Waals surface area contributed by atoms with Crippen molar-refractivity contribution in [2.24, 2.45) is 0 Å². The fraction of sp³-hybridized carbons (Fsp3) is 0.148. The zero-order valence-electron chi connectivity index (χ0n) is 18.0. The van der Waals surface area contributed by atoms with Crippen molar-refractivity contribution in [3.8, 4) is 11.5 Å². The number of halogens is 1. The number of furan rings is 1. The number of aromatic amines is 1. The Kier molecular flexibility index (Phi) is 4.29. The third-order valence-electron chi connectivity index (χ3n) is 6.70. The van der Waals surface area contributed by atoms with Crippen LogP contribution < -0.4 is 9.47 Å². The van der Waals surface area contributed by atoms with Gasteiger partial charge in [0.1, 0.15) is 5.58 Å². The van der Waals surface area contributed by atoms with Crippen LogP contribution in [0.3, 0.4) is 0 Å². The van der Waals surface area contributed by atoms with E-state index in [1.165, 1.54) is 10.9 Å². The summed E-state index contributed by atoms with van der Waals surface area (Å²) in [6, 6.07) is 21.4. The highest BCUT2D eigenvalue weighted by Gasteiger charge is 2.36. The quantitative estimate of drug-likeness (QED) is 0.304. The lowest BCUT2D eigenvalue weighted by atomic mass is 9.92. The molecule has 34 heavy (non-hydrogen) atoms. The Morgan fingerprint density at radius 3 is 2.82 bits per heavy atom. The number of nitrogens with one attached hydrogen (secondary N) is 1. The van der Waals surface area contributed by atoms with Crippen LogP contribution in [0.5, 0.6) is 11.5 Å². The molecule has 0 unspecified atom stereocenters. The number of aromatic nitrogens is 1. The Morgan fingerprint density at radius 1 is 1.00 bits per heavy atom. The van der Waals surface area contributed by atoms with Crippen molar-refractivity contribution in [2.45, 2.75) is 12.5 Å². The van der Waals surface area contributed by atoms with Gasteiger partial charge in [0.2, 0.25) is 6.79 Å². The number of hydrogen-bond acceptors (Lipinski definition) is 4. The highest BCUT2D eigenvalue weighted by Crippen LogP contribution is 2.42. The maximum absolute atomic E-state index is 13.8. The van der Waals surface area contributed by atoms with E-state index >= 15 is 0 Å². The second-order valence-corrected chi connectivity index (χ2v) is 9.54. The Balaban J connectivity index is 1.38. The minimum absolute atomic E-state index is 0.140. The van der Waals surface area contributed by atoms with Crippen LogP contribution in [0.2, 0.25) is 0 Å². The molecule has 5 aromatic rings. The van der Waals surface area contributed by atoms with Crippen LogP contribution in [-0.4, -0.2) is 29.1 Å². The number of H-pyrrole nitrogens is 1. The van der Waals surface area contributed by atoms with Crippen LogP contribution >= 0.6 is 15.9 Å². The van der Waals surface area contributed by atoms with Gasteiger partial charge in [-0.25, -0.2) is 0 Å². The predicted molar refractivity (Wildman–Crippen MR) is 131 cm³/mol. The molecule has 0 fully saturated rings. The number of amides is 1. The van der Waals surface area contributed by atoms with Crippen LogP contribution in [0, 0.1) is 0 Å². The van der Waals surface area contributed by atoms with Gasteiger partial charge in [-0.05, 0) is 60.0 Å². The molecule has 0 spiro atoms. The van der Waals surface area contributed by atoms with Crippen molar-refractivity contribution in [1.29, 1.82) is 0 Å². The minimum Gasteiger partial charge on any atom is -0.454 e. The van der Waals surface area contributed by atoms with E-state index in [0.717, 1.165) is 38.8 Å². The number of fused-ring (bicyclic) bond motifs is 5. The fourth-order valence-corrected chi connectivity index (χ4v) is 5.53. The van der Waals surface area contributed by atoms with Crippen molar-refractivity contribution in [2.75, 3.05) is 13.3 Å². The lowest BCUT2D eigenvalue weighted by Crippen LogP contribution is -2.40. The number of hydrogen-bond donors (Lipinski definition) is 1. The molecular weight excluding hydrogens is 496 g/mol. The van der Waals surface area contributed by atoms with Gasteiger partial charge in [-0.2, -0.15) is 0 Å². The van der Waals surface area contributed by atoms with E-state index in [1.54, 1.807) is 0 Å². The summed E-state index contributed by atoms with van der Waals surface area (Å²) in [6.45, 7) is 0.784. The molecule has 2 aromatic heterocycles. The first kappa shape index (κ1) is 19.7. The maximum Gasteiger partial charge on any atom is 0.290 e. The van der Waals surface area contributed by atoms with Gasteiger partial charge in [-0.3, -0.25) is 4.79 Å². The molecule has 0 saturated carbocycles. The third-order valence-corrected chi connectivity index (χ3v) is 7.19. The molecule has 2 aliphatic heterocycles. The zero-order chi connectivity index (χ0) is 22.8. The summed E-state index contributed by atoms with van der Waals surface area (Å²) in [5.41, 5.74) is 4.99. The topological polar surface area (TPSA) is 67.7 Å². The van der Waals surface area contributed by atoms with Gasteiger partial charge in [0.25, 0.3) is 5.91 Å². The summed E-state index contributed by atoms with van der Waals surface area (Å²) in [5, 5.41) is 2.09. The van der Waals surface area contributed by atoms with Gasteiger partial charge in [-0.1, -0.05) is 40.2 Å². The third kappa shape index (κ3) is 2.97. The average Bonchev–Trinajstić information content (AvgIpc) is 3.58. The SMILES string of the molecule is O=C(c1cc2cc(Br)ccc2o1)N1CCc2c([nH]c3ccccc23)[C@@H]1c1ccc2c(c1)OCO2. The highest BCUT2D eigenvalue weighted by molar-refractivity contribution is 9.10. The van der Waals surface area contributed by atoms with Crippen molar-refractivity contribution < 1.29 is 18.7 Å². The van der Waals surface area contributed by atoms with Crippen molar-refractivity contribution in [1.82, 2.24) is 9.88 Å². The van der Waals surface area contributed by atoms with Crippen LogP contribution in [0.15, 0.2) is 75.6 Å². The Hall–Kier alpha value is -3.71. The zero-order valence-corrected chi connectivity index (χ0v) is 19.6. The molecule has 0 aliphatic carbocycles. The molecule has 2 aliphatic rings. The van der Waals surface area contributed by atoms with Crippen molar-refractivity contribution >= 4 is 43.7 Å². The first-order chi connectivity index (χ1) is 16.7. The molecule has 1 atom stereocenters. The maximum atomic E-state index is 13.8. The van der Waals surface area contributed by atoms with Crippen LogP contribution in [0.25, 0.3) is 21.9 Å². The first-order valence-electron chi connectivity index (χ1n) is 11.1. The first-order valence-corrected chi connectivity index (χ1v) is 11.9.